The Balaban J connectivity index is 1.72. The van der Waals surface area contributed by atoms with Crippen LogP contribution in [0.3, 0.4) is 0 Å². The number of hydrogen-bond acceptors (Lipinski definition) is 5. The molecule has 2 unspecified atom stereocenters. The van der Waals surface area contributed by atoms with Crippen molar-refractivity contribution in [3.8, 4) is 11.5 Å². The van der Waals surface area contributed by atoms with Crippen molar-refractivity contribution in [1.82, 2.24) is 4.90 Å². The largest absolute Gasteiger partial charge is 0.493 e. The van der Waals surface area contributed by atoms with Gasteiger partial charge in [0.2, 0.25) is 0 Å². The molecule has 6 atom stereocenters. The summed E-state index contributed by atoms with van der Waals surface area (Å²) >= 11 is 0. The van der Waals surface area contributed by atoms with Crippen molar-refractivity contribution >= 4 is 5.78 Å². The lowest BCUT2D eigenvalue weighted by Gasteiger charge is -2.70. The number of benzene rings is 1. The van der Waals surface area contributed by atoms with Gasteiger partial charge in [0, 0.05) is 24.1 Å². The monoisotopic (exact) mass is 381 g/mol. The minimum Gasteiger partial charge on any atom is -0.493 e. The summed E-state index contributed by atoms with van der Waals surface area (Å²) < 4.78 is 18.7. The van der Waals surface area contributed by atoms with Crippen LogP contribution in [-0.2, 0) is 21.4 Å². The van der Waals surface area contributed by atoms with Crippen molar-refractivity contribution in [3.63, 3.8) is 0 Å². The molecule has 1 saturated carbocycles. The third kappa shape index (κ3) is 1.49. The lowest BCUT2D eigenvalue weighted by molar-refractivity contribution is -0.212. The first-order chi connectivity index (χ1) is 13.4. The number of nitrogens with zero attached hydrogens (tertiary/aromatic N) is 1. The van der Waals surface area contributed by atoms with Crippen LogP contribution < -0.4 is 9.47 Å². The van der Waals surface area contributed by atoms with Crippen LogP contribution in [0.25, 0.3) is 0 Å². The summed E-state index contributed by atoms with van der Waals surface area (Å²) in [6, 6.07) is 4.62. The number of likely N-dealkylation sites (N-methyl/N-ethyl adjacent to an activating group) is 1. The van der Waals surface area contributed by atoms with E-state index in [0.29, 0.717) is 6.04 Å². The predicted octanol–water partition coefficient (Wildman–Crippen LogP) is 2.50. The fourth-order valence-corrected chi connectivity index (χ4v) is 7.67. The van der Waals surface area contributed by atoms with Crippen LogP contribution in [0.15, 0.2) is 24.3 Å². The average Bonchev–Trinajstić information content (AvgIpc) is 3.07. The molecule has 7 rings (SSSR count). The van der Waals surface area contributed by atoms with Gasteiger partial charge < -0.3 is 19.1 Å². The smallest absolute Gasteiger partial charge is 0.166 e. The van der Waals surface area contributed by atoms with Gasteiger partial charge in [-0.2, -0.15) is 0 Å². The SMILES string of the molecule is COc1ccc2c3c1O[C@@H]1[C@]34CCN(C)C(C2)[C@]42C=C[C@@]1(OC)C(C(C)=O)C2. The Morgan fingerprint density at radius 3 is 2.82 bits per heavy atom. The van der Waals surface area contributed by atoms with E-state index in [9.17, 15) is 4.79 Å². The minimum atomic E-state index is -0.716. The number of ketones is 1. The normalized spacial score (nSPS) is 44.2. The maximum absolute atomic E-state index is 12.8. The summed E-state index contributed by atoms with van der Waals surface area (Å²) in [5, 5.41) is 0. The van der Waals surface area contributed by atoms with Crippen LogP contribution >= 0.6 is 0 Å². The molecule has 6 aliphatic rings. The topological polar surface area (TPSA) is 48.0 Å². The number of methoxy groups -OCH3 is 2. The molecule has 2 fully saturated rings. The molecule has 148 valence electrons. The van der Waals surface area contributed by atoms with Gasteiger partial charge >= 0.3 is 0 Å². The van der Waals surface area contributed by atoms with Crippen molar-refractivity contribution in [2.24, 2.45) is 11.3 Å². The highest BCUT2D eigenvalue weighted by atomic mass is 16.6. The van der Waals surface area contributed by atoms with Gasteiger partial charge in [0.1, 0.15) is 17.5 Å². The van der Waals surface area contributed by atoms with E-state index in [2.05, 4.69) is 30.2 Å². The highest BCUT2D eigenvalue weighted by Crippen LogP contribution is 2.74. The Bertz CT molecular complexity index is 941. The average molecular weight is 381 g/mol. The highest BCUT2D eigenvalue weighted by molar-refractivity contribution is 5.82. The number of likely N-dealkylation sites (tertiary alicyclic amines) is 1. The fourth-order valence-electron chi connectivity index (χ4n) is 7.67. The molecule has 4 bridgehead atoms. The van der Waals surface area contributed by atoms with E-state index in [1.54, 1.807) is 21.1 Å². The van der Waals surface area contributed by atoms with Crippen LogP contribution in [0.5, 0.6) is 11.5 Å². The molecule has 5 nitrogen and oxygen atoms in total. The van der Waals surface area contributed by atoms with E-state index in [-0.39, 0.29) is 28.6 Å². The zero-order chi connectivity index (χ0) is 19.5. The number of carbonyl (C=O) groups excluding carboxylic acids is 1. The summed E-state index contributed by atoms with van der Waals surface area (Å²) in [6.45, 7) is 2.74. The zero-order valence-corrected chi connectivity index (χ0v) is 17.0. The van der Waals surface area contributed by atoms with Gasteiger partial charge in [-0.3, -0.25) is 4.79 Å². The highest BCUT2D eigenvalue weighted by Gasteiger charge is 2.79. The van der Waals surface area contributed by atoms with Crippen LogP contribution in [0, 0.1) is 11.3 Å². The lowest BCUT2D eigenvalue weighted by atomic mass is 9.37. The second-order valence-corrected chi connectivity index (χ2v) is 9.35. The number of rotatable bonds is 3. The molecule has 5 heteroatoms. The van der Waals surface area contributed by atoms with Gasteiger partial charge in [-0.1, -0.05) is 18.2 Å². The summed E-state index contributed by atoms with van der Waals surface area (Å²) in [5.74, 6) is 1.68. The van der Waals surface area contributed by atoms with Gasteiger partial charge in [0.05, 0.1) is 18.4 Å². The molecular weight excluding hydrogens is 354 g/mol. The molecule has 0 aromatic heterocycles. The van der Waals surface area contributed by atoms with Crippen molar-refractivity contribution in [2.45, 2.75) is 49.3 Å². The predicted molar refractivity (Wildman–Crippen MR) is 104 cm³/mol. The number of fused-ring (bicyclic) bond motifs is 1. The maximum Gasteiger partial charge on any atom is 0.166 e. The number of hydrogen-bond donors (Lipinski definition) is 0. The molecule has 2 aliphatic heterocycles. The molecule has 1 aromatic rings. The summed E-state index contributed by atoms with van der Waals surface area (Å²) in [7, 11) is 5.67. The van der Waals surface area contributed by atoms with Crippen molar-refractivity contribution in [1.29, 1.82) is 0 Å². The van der Waals surface area contributed by atoms with Gasteiger partial charge in [0.15, 0.2) is 11.5 Å². The first-order valence-electron chi connectivity index (χ1n) is 10.3. The molecule has 2 heterocycles. The van der Waals surface area contributed by atoms with E-state index >= 15 is 0 Å². The third-order valence-electron chi connectivity index (χ3n) is 8.77. The molecule has 0 radical (unpaired) electrons. The molecule has 2 spiro atoms. The number of piperidine rings is 1. The van der Waals surface area contributed by atoms with Gasteiger partial charge in [-0.15, -0.1) is 0 Å². The molecule has 1 aromatic carbocycles. The van der Waals surface area contributed by atoms with E-state index < -0.39 is 5.60 Å². The molecule has 0 amide bonds. The first-order valence-corrected chi connectivity index (χ1v) is 10.3. The van der Waals surface area contributed by atoms with Gasteiger partial charge in [-0.05, 0) is 51.4 Å². The van der Waals surface area contributed by atoms with Gasteiger partial charge in [-0.25, -0.2) is 0 Å². The second-order valence-electron chi connectivity index (χ2n) is 9.35. The lowest BCUT2D eigenvalue weighted by Crippen LogP contribution is -2.79. The maximum atomic E-state index is 12.8. The molecule has 0 N–H and O–H groups in total. The number of Topliss-reactive ketones (excluding diaryl/α,β-unsaturated/α-hetero) is 1. The van der Waals surface area contributed by atoms with E-state index in [0.717, 1.165) is 37.3 Å². The quantitative estimate of drug-likeness (QED) is 0.753. The first kappa shape index (κ1) is 17.0. The Morgan fingerprint density at radius 1 is 1.29 bits per heavy atom. The van der Waals surface area contributed by atoms with Crippen molar-refractivity contribution in [2.75, 3.05) is 27.8 Å². The Labute approximate surface area is 165 Å². The van der Waals surface area contributed by atoms with E-state index in [1.165, 1.54) is 11.1 Å². The molecule has 28 heavy (non-hydrogen) atoms. The standard InChI is InChI=1S/C23H27NO4/c1-13(25)15-12-21-7-8-23(15,27-4)20-22(21)9-10-24(2)17(21)11-14-5-6-16(26-3)19(28-20)18(14)22/h5-8,15,17,20H,9-12H2,1-4H3/t15?,17?,20-,21-,22+,23-/m1/s1. The van der Waals surface area contributed by atoms with Crippen molar-refractivity contribution < 1.29 is 19.0 Å². The molecule has 1 saturated heterocycles. The number of carbonyl (C=O) groups is 1. The van der Waals surface area contributed by atoms with Crippen LogP contribution in [-0.4, -0.2) is 56.2 Å². The summed E-state index contributed by atoms with van der Waals surface area (Å²) in [4.78, 5) is 15.3. The Morgan fingerprint density at radius 2 is 2.11 bits per heavy atom. The van der Waals surface area contributed by atoms with Gasteiger partial charge in [0.25, 0.3) is 0 Å². The molecular formula is C23H27NO4. The second kappa shape index (κ2) is 5.00. The van der Waals surface area contributed by atoms with Crippen LogP contribution in [0.2, 0.25) is 0 Å². The van der Waals surface area contributed by atoms with Crippen LogP contribution in [0.1, 0.15) is 30.9 Å². The summed E-state index contributed by atoms with van der Waals surface area (Å²) in [5.41, 5.74) is 1.72. The van der Waals surface area contributed by atoms with Crippen LogP contribution in [0.4, 0.5) is 0 Å². The van der Waals surface area contributed by atoms with Crippen molar-refractivity contribution in [3.05, 3.63) is 35.4 Å². The third-order valence-corrected chi connectivity index (χ3v) is 8.77. The number of ether oxygens (including phenoxy) is 3. The van der Waals surface area contributed by atoms with E-state index in [4.69, 9.17) is 14.2 Å². The minimum absolute atomic E-state index is 0.105. The van der Waals surface area contributed by atoms with E-state index in [1.807, 2.05) is 6.07 Å². The molecule has 4 aliphatic carbocycles. The fraction of sp³-hybridized carbons (Fsp3) is 0.609. The Hall–Kier alpha value is -1.85. The zero-order valence-electron chi connectivity index (χ0n) is 17.0. The summed E-state index contributed by atoms with van der Waals surface area (Å²) in [6.07, 6.45) is 7.19. The Kier molecular flexibility index (Phi) is 3.05.